The number of hydrazine groups is 1. The fourth-order valence-electron chi connectivity index (χ4n) is 2.83. The van der Waals surface area contributed by atoms with Crippen LogP contribution in [0.1, 0.15) is 68.4 Å². The topological polar surface area (TPSA) is 89.6 Å². The van der Waals surface area contributed by atoms with Gasteiger partial charge in [0.15, 0.2) is 0 Å². The van der Waals surface area contributed by atoms with Crippen molar-refractivity contribution in [1.82, 2.24) is 20.9 Å². The SMILES string of the molecule is CNN([O-])[C@@H](NC(=O)c1ccc(C2CC2)c(OCC2CC2)n1)C(C)(C)C. The van der Waals surface area contributed by atoms with Crippen LogP contribution in [-0.2, 0) is 0 Å². The molecule has 2 aliphatic carbocycles. The van der Waals surface area contributed by atoms with Gasteiger partial charge in [-0.3, -0.25) is 15.4 Å². The molecule has 0 aliphatic heterocycles. The van der Waals surface area contributed by atoms with Gasteiger partial charge in [-0.05, 0) is 56.0 Å². The van der Waals surface area contributed by atoms with E-state index in [4.69, 9.17) is 4.74 Å². The van der Waals surface area contributed by atoms with Crippen LogP contribution in [0.25, 0.3) is 0 Å². The maximum atomic E-state index is 12.7. The minimum absolute atomic E-state index is 0.277. The first-order valence-corrected chi connectivity index (χ1v) is 9.38. The summed E-state index contributed by atoms with van der Waals surface area (Å²) in [5.41, 5.74) is 3.45. The normalized spacial score (nSPS) is 18.7. The molecule has 2 fully saturated rings. The van der Waals surface area contributed by atoms with Crippen molar-refractivity contribution in [1.29, 1.82) is 0 Å². The van der Waals surface area contributed by atoms with Gasteiger partial charge in [-0.1, -0.05) is 26.8 Å². The molecule has 2 saturated carbocycles. The molecule has 0 bridgehead atoms. The predicted molar refractivity (Wildman–Crippen MR) is 99.4 cm³/mol. The van der Waals surface area contributed by atoms with Gasteiger partial charge < -0.3 is 15.3 Å². The molecule has 1 aromatic heterocycles. The van der Waals surface area contributed by atoms with Crippen LogP contribution in [0.4, 0.5) is 0 Å². The van der Waals surface area contributed by atoms with Crippen molar-refractivity contribution in [3.05, 3.63) is 28.6 Å². The van der Waals surface area contributed by atoms with Crippen LogP contribution < -0.4 is 15.5 Å². The molecule has 7 heteroatoms. The van der Waals surface area contributed by atoms with E-state index in [1.54, 1.807) is 6.07 Å². The van der Waals surface area contributed by atoms with E-state index in [2.05, 4.69) is 15.7 Å². The van der Waals surface area contributed by atoms with E-state index in [-0.39, 0.29) is 11.6 Å². The molecule has 0 radical (unpaired) electrons. The van der Waals surface area contributed by atoms with E-state index in [0.717, 1.165) is 18.4 Å². The minimum Gasteiger partial charge on any atom is -0.770 e. The second kappa shape index (κ2) is 7.50. The highest BCUT2D eigenvalue weighted by molar-refractivity contribution is 5.92. The number of hydrogen-bond acceptors (Lipinski definition) is 6. The second-order valence-electron chi connectivity index (χ2n) is 8.41. The molecule has 0 saturated heterocycles. The van der Waals surface area contributed by atoms with Gasteiger partial charge in [0.25, 0.3) is 5.91 Å². The fraction of sp³-hybridized carbons (Fsp3) is 0.684. The van der Waals surface area contributed by atoms with Crippen molar-refractivity contribution >= 4 is 5.91 Å². The van der Waals surface area contributed by atoms with Gasteiger partial charge in [-0.15, -0.1) is 0 Å². The van der Waals surface area contributed by atoms with E-state index < -0.39 is 11.6 Å². The average molecular weight is 361 g/mol. The molecule has 1 aromatic rings. The van der Waals surface area contributed by atoms with E-state index in [1.807, 2.05) is 26.8 Å². The molecule has 26 heavy (non-hydrogen) atoms. The van der Waals surface area contributed by atoms with Gasteiger partial charge in [0.1, 0.15) is 5.69 Å². The van der Waals surface area contributed by atoms with Gasteiger partial charge in [-0.25, -0.2) is 4.98 Å². The Labute approximate surface area is 155 Å². The number of carbonyl (C=O) groups is 1. The molecule has 0 unspecified atom stereocenters. The zero-order valence-corrected chi connectivity index (χ0v) is 16.0. The lowest BCUT2D eigenvalue weighted by Gasteiger charge is -2.43. The molecule has 0 spiro atoms. The zero-order valence-electron chi connectivity index (χ0n) is 16.0. The molecular formula is C19H29N4O3-. The van der Waals surface area contributed by atoms with Crippen molar-refractivity contribution in [3.8, 4) is 5.88 Å². The van der Waals surface area contributed by atoms with Gasteiger partial charge >= 0.3 is 0 Å². The van der Waals surface area contributed by atoms with Crippen LogP contribution in [0.3, 0.4) is 0 Å². The molecule has 0 aromatic carbocycles. The summed E-state index contributed by atoms with van der Waals surface area (Å²) in [7, 11) is 1.53. The molecule has 2 N–H and O–H groups in total. The summed E-state index contributed by atoms with van der Waals surface area (Å²) in [6.07, 6.45) is 3.98. The Bertz CT molecular complexity index is 651. The van der Waals surface area contributed by atoms with E-state index >= 15 is 0 Å². The summed E-state index contributed by atoms with van der Waals surface area (Å²) in [5.74, 6) is 1.32. The molecule has 7 nitrogen and oxygen atoms in total. The quantitative estimate of drug-likeness (QED) is 0.547. The molecule has 2 aliphatic rings. The van der Waals surface area contributed by atoms with Gasteiger partial charge in [0, 0.05) is 5.56 Å². The largest absolute Gasteiger partial charge is 0.770 e. The number of pyridine rings is 1. The van der Waals surface area contributed by atoms with Crippen LogP contribution in [0.2, 0.25) is 0 Å². The monoisotopic (exact) mass is 361 g/mol. The number of hydrogen-bond donors (Lipinski definition) is 2. The number of ether oxygens (including phenoxy) is 1. The summed E-state index contributed by atoms with van der Waals surface area (Å²) in [5, 5.41) is 15.5. The first kappa shape index (κ1) is 19.1. The van der Waals surface area contributed by atoms with Gasteiger partial charge in [0.2, 0.25) is 5.88 Å². The Balaban J connectivity index is 1.76. The Hall–Kier alpha value is -1.70. The molecule has 1 amide bonds. The molecule has 3 rings (SSSR count). The predicted octanol–water partition coefficient (Wildman–Crippen LogP) is 2.78. The Kier molecular flexibility index (Phi) is 5.50. The van der Waals surface area contributed by atoms with Crippen LogP contribution in [0, 0.1) is 16.5 Å². The van der Waals surface area contributed by atoms with Crippen LogP contribution in [-0.4, -0.2) is 35.9 Å². The van der Waals surface area contributed by atoms with Crippen LogP contribution >= 0.6 is 0 Å². The van der Waals surface area contributed by atoms with E-state index in [9.17, 15) is 10.0 Å². The average Bonchev–Trinajstić information content (AvgIpc) is 3.48. The Morgan fingerprint density at radius 3 is 2.58 bits per heavy atom. The summed E-state index contributed by atoms with van der Waals surface area (Å²) in [6.45, 7) is 6.35. The maximum absolute atomic E-state index is 12.7. The molecule has 1 atom stereocenters. The summed E-state index contributed by atoms with van der Waals surface area (Å²) >= 11 is 0. The number of nitrogens with one attached hydrogen (secondary N) is 2. The highest BCUT2D eigenvalue weighted by Crippen LogP contribution is 2.44. The number of nitrogens with zero attached hydrogens (tertiary/aromatic N) is 2. The maximum Gasteiger partial charge on any atom is 0.271 e. The first-order chi connectivity index (χ1) is 12.3. The summed E-state index contributed by atoms with van der Waals surface area (Å²) in [4.78, 5) is 17.2. The van der Waals surface area contributed by atoms with Crippen molar-refractivity contribution in [3.63, 3.8) is 0 Å². The number of carbonyl (C=O) groups excluding carboxylic acids is 1. The Morgan fingerprint density at radius 1 is 1.35 bits per heavy atom. The highest BCUT2D eigenvalue weighted by Gasteiger charge is 2.31. The van der Waals surface area contributed by atoms with Crippen molar-refractivity contribution in [2.45, 2.75) is 58.5 Å². The van der Waals surface area contributed by atoms with Crippen molar-refractivity contribution < 1.29 is 9.53 Å². The third kappa shape index (κ3) is 4.72. The zero-order chi connectivity index (χ0) is 18.9. The molecule has 144 valence electrons. The van der Waals surface area contributed by atoms with Crippen molar-refractivity contribution in [2.75, 3.05) is 13.7 Å². The summed E-state index contributed by atoms with van der Waals surface area (Å²) in [6, 6.07) is 3.67. The third-order valence-corrected chi connectivity index (χ3v) is 4.84. The lowest BCUT2D eigenvalue weighted by Crippen LogP contribution is -2.56. The fourth-order valence-corrected chi connectivity index (χ4v) is 2.83. The summed E-state index contributed by atoms with van der Waals surface area (Å²) < 4.78 is 5.92. The highest BCUT2D eigenvalue weighted by atomic mass is 16.5. The third-order valence-electron chi connectivity index (χ3n) is 4.84. The van der Waals surface area contributed by atoms with Crippen molar-refractivity contribution in [2.24, 2.45) is 11.3 Å². The number of rotatable bonds is 8. The molecular weight excluding hydrogens is 332 g/mol. The van der Waals surface area contributed by atoms with Gasteiger partial charge in [-0.2, -0.15) is 0 Å². The van der Waals surface area contributed by atoms with E-state index in [0.29, 0.717) is 29.5 Å². The Morgan fingerprint density at radius 2 is 2.04 bits per heavy atom. The molecule has 1 heterocycles. The minimum atomic E-state index is -0.722. The lowest BCUT2D eigenvalue weighted by atomic mass is 9.92. The van der Waals surface area contributed by atoms with E-state index in [1.165, 1.54) is 19.9 Å². The smallest absolute Gasteiger partial charge is 0.271 e. The van der Waals surface area contributed by atoms with Crippen LogP contribution in [0.5, 0.6) is 5.88 Å². The number of amides is 1. The second-order valence-corrected chi connectivity index (χ2v) is 8.41. The lowest BCUT2D eigenvalue weighted by molar-refractivity contribution is 0.0605. The standard InChI is InChI=1S/C19H29N4O3/c1-19(2,3)18(23(25)20-4)22-16(24)15-10-9-14(13-7-8-13)17(21-15)26-11-12-5-6-12/h9-10,12-13,18,20H,5-8,11H2,1-4H3,(H,22,24)/q-1/t18-/m1/s1. The van der Waals surface area contributed by atoms with Crippen LogP contribution in [0.15, 0.2) is 12.1 Å². The van der Waals surface area contributed by atoms with Gasteiger partial charge in [0.05, 0.1) is 12.8 Å². The number of aromatic nitrogens is 1. The first-order valence-electron chi connectivity index (χ1n) is 9.38. The number of hydroxylamine groups is 1.